The average Bonchev–Trinajstić information content (AvgIpc) is 3.06. The van der Waals surface area contributed by atoms with Gasteiger partial charge < -0.3 is 34.9 Å². The minimum Gasteiger partial charge on any atom is -0.493 e. The van der Waals surface area contributed by atoms with Crippen molar-refractivity contribution in [2.75, 3.05) is 26.7 Å². The Bertz CT molecular complexity index is 1020. The second-order valence-corrected chi connectivity index (χ2v) is 11.2. The number of methoxy groups -OCH3 is 1. The number of urea groups is 1. The van der Waals surface area contributed by atoms with Crippen LogP contribution in [0, 0.1) is 0 Å². The number of nitrogens with one attached hydrogen (secondary N) is 2. The van der Waals surface area contributed by atoms with Gasteiger partial charge >= 0.3 is 12.1 Å². The van der Waals surface area contributed by atoms with Crippen molar-refractivity contribution in [3.05, 3.63) is 35.4 Å². The largest absolute Gasteiger partial charge is 0.493 e. The van der Waals surface area contributed by atoms with Gasteiger partial charge in [-0.2, -0.15) is 0 Å². The minimum atomic E-state index is -0.532. The van der Waals surface area contributed by atoms with Gasteiger partial charge in [-0.15, -0.1) is 0 Å². The van der Waals surface area contributed by atoms with Gasteiger partial charge in [-0.1, -0.05) is 31.1 Å². The van der Waals surface area contributed by atoms with E-state index in [2.05, 4.69) is 16.7 Å². The third kappa shape index (κ3) is 6.14. The number of hydrogen-bond donors (Lipinski definition) is 3. The summed E-state index contributed by atoms with van der Waals surface area (Å²) in [6.45, 7) is 7.82. The predicted molar refractivity (Wildman–Crippen MR) is 140 cm³/mol. The first kappa shape index (κ1) is 27.1. The highest BCUT2D eigenvalue weighted by atomic mass is 16.6. The molecule has 3 amide bonds. The van der Waals surface area contributed by atoms with Crippen LogP contribution in [0.4, 0.5) is 9.59 Å². The third-order valence-electron chi connectivity index (χ3n) is 7.29. The zero-order chi connectivity index (χ0) is 26.6. The molecule has 204 valence electrons. The topological polar surface area (TPSA) is 109 Å². The summed E-state index contributed by atoms with van der Waals surface area (Å²) in [5.74, 6) is 1.43. The Hall–Kier alpha value is -2.94. The molecule has 9 nitrogen and oxygen atoms in total. The molecule has 0 radical (unpaired) electrons. The van der Waals surface area contributed by atoms with Crippen molar-refractivity contribution in [2.24, 2.45) is 0 Å². The van der Waals surface area contributed by atoms with Gasteiger partial charge in [0.25, 0.3) is 0 Å². The molecule has 3 aliphatic rings. The first-order valence-electron chi connectivity index (χ1n) is 13.4. The number of amides is 3. The molecule has 37 heavy (non-hydrogen) atoms. The highest BCUT2D eigenvalue weighted by molar-refractivity contribution is 5.75. The second kappa shape index (κ2) is 11.2. The number of benzene rings is 1. The first-order chi connectivity index (χ1) is 17.6. The van der Waals surface area contributed by atoms with E-state index in [9.17, 15) is 14.7 Å². The lowest BCUT2D eigenvalue weighted by Crippen LogP contribution is -2.44. The monoisotopic (exact) mass is 515 g/mol. The summed E-state index contributed by atoms with van der Waals surface area (Å²) in [5, 5.41) is 16.1. The zero-order valence-corrected chi connectivity index (χ0v) is 22.5. The van der Waals surface area contributed by atoms with Gasteiger partial charge in [0, 0.05) is 38.2 Å². The number of carbonyl (C=O) groups is 2. The van der Waals surface area contributed by atoms with Crippen molar-refractivity contribution >= 4 is 12.1 Å². The van der Waals surface area contributed by atoms with E-state index in [1.165, 1.54) is 0 Å². The van der Waals surface area contributed by atoms with E-state index < -0.39 is 11.7 Å². The molecule has 3 atom stereocenters. The van der Waals surface area contributed by atoms with Crippen LogP contribution in [0.2, 0.25) is 0 Å². The Labute approximate surface area is 219 Å². The van der Waals surface area contributed by atoms with Crippen LogP contribution in [0.15, 0.2) is 24.3 Å². The molecule has 1 aromatic rings. The van der Waals surface area contributed by atoms with E-state index in [0.29, 0.717) is 38.3 Å². The van der Waals surface area contributed by atoms with Gasteiger partial charge in [0.15, 0.2) is 11.5 Å². The smallest absolute Gasteiger partial charge is 0.407 e. The number of aliphatic hydroxyl groups is 1. The summed E-state index contributed by atoms with van der Waals surface area (Å²) in [6, 6.07) is 3.86. The standard InChI is InChI=1S/C28H41N3O6/c1-27(2,3)37-26(34)30-15-8-6-5-7-14-29-25(33)31-16-13-28-12-11-20(32)17-22(28)36-24-21(35-4)10-9-19(18-31)23(24)28/h9-12,20,22,32H,5-8,13-18H2,1-4H3,(H,29,33)(H,30,34)/t20-,22-,28-/m0/s1. The molecule has 4 rings (SSSR count). The summed E-state index contributed by atoms with van der Waals surface area (Å²) in [7, 11) is 1.63. The maximum atomic E-state index is 13.1. The van der Waals surface area contributed by atoms with Crippen LogP contribution in [0.3, 0.4) is 0 Å². The zero-order valence-electron chi connectivity index (χ0n) is 22.5. The summed E-state index contributed by atoms with van der Waals surface area (Å²) >= 11 is 0. The van der Waals surface area contributed by atoms with Crippen molar-refractivity contribution in [3.63, 3.8) is 0 Å². The summed E-state index contributed by atoms with van der Waals surface area (Å²) in [6.07, 6.45) is 7.78. The molecule has 0 unspecified atom stereocenters. The molecule has 0 aromatic heterocycles. The maximum absolute atomic E-state index is 13.1. The highest BCUT2D eigenvalue weighted by Gasteiger charge is 2.53. The molecule has 1 spiro atoms. The molecular weight excluding hydrogens is 474 g/mol. The van der Waals surface area contributed by atoms with Gasteiger partial charge in [0.1, 0.15) is 11.7 Å². The van der Waals surface area contributed by atoms with Crippen LogP contribution in [0.5, 0.6) is 11.5 Å². The highest BCUT2D eigenvalue weighted by Crippen LogP contribution is 2.55. The fraction of sp³-hybridized carbons (Fsp3) is 0.643. The van der Waals surface area contributed by atoms with Crippen molar-refractivity contribution < 1.29 is 28.9 Å². The molecule has 0 fully saturated rings. The summed E-state index contributed by atoms with van der Waals surface area (Å²) in [4.78, 5) is 26.6. The summed E-state index contributed by atoms with van der Waals surface area (Å²) < 4.78 is 17.1. The van der Waals surface area contributed by atoms with Crippen LogP contribution in [-0.4, -0.2) is 66.7 Å². The number of ether oxygens (including phenoxy) is 3. The second-order valence-electron chi connectivity index (χ2n) is 11.2. The Morgan fingerprint density at radius 1 is 1.16 bits per heavy atom. The van der Waals surface area contributed by atoms with E-state index in [1.807, 2.05) is 43.9 Å². The first-order valence-corrected chi connectivity index (χ1v) is 13.4. The Morgan fingerprint density at radius 2 is 1.89 bits per heavy atom. The van der Waals surface area contributed by atoms with Gasteiger partial charge in [0.05, 0.1) is 18.6 Å². The number of unbranched alkanes of at least 4 members (excludes halogenated alkanes) is 3. The normalized spacial score (nSPS) is 23.9. The lowest BCUT2D eigenvalue weighted by atomic mass is 9.69. The average molecular weight is 516 g/mol. The van der Waals surface area contributed by atoms with Crippen molar-refractivity contribution in [1.29, 1.82) is 0 Å². The fourth-order valence-corrected chi connectivity index (χ4v) is 5.52. The number of nitrogens with zero attached hydrogens (tertiary/aromatic N) is 1. The van der Waals surface area contributed by atoms with Crippen molar-refractivity contribution in [1.82, 2.24) is 15.5 Å². The van der Waals surface area contributed by atoms with Crippen molar-refractivity contribution in [3.8, 4) is 11.5 Å². The van der Waals surface area contributed by atoms with Crippen LogP contribution in [-0.2, 0) is 16.7 Å². The Morgan fingerprint density at radius 3 is 2.59 bits per heavy atom. The number of alkyl carbamates (subject to hydrolysis) is 1. The fourth-order valence-electron chi connectivity index (χ4n) is 5.52. The lowest BCUT2D eigenvalue weighted by Gasteiger charge is -2.35. The van der Waals surface area contributed by atoms with E-state index in [-0.39, 0.29) is 23.6 Å². The SMILES string of the molecule is COc1ccc2c3c1O[C@H]1C[C@@H](O)C=C[C@@]31CCN(C(=O)NCCCCCCNC(=O)OC(C)(C)C)C2. The van der Waals surface area contributed by atoms with Crippen molar-refractivity contribution in [2.45, 2.75) is 89.1 Å². The lowest BCUT2D eigenvalue weighted by molar-refractivity contribution is 0.0526. The number of aliphatic hydroxyl groups excluding tert-OH is 1. The van der Waals surface area contributed by atoms with E-state index in [0.717, 1.165) is 49.0 Å². The molecule has 0 bridgehead atoms. The maximum Gasteiger partial charge on any atom is 0.407 e. The molecule has 3 N–H and O–H groups in total. The molecular formula is C28H41N3O6. The third-order valence-corrected chi connectivity index (χ3v) is 7.29. The van der Waals surface area contributed by atoms with Crippen LogP contribution in [0.1, 0.15) is 70.4 Å². The Kier molecular flexibility index (Phi) is 8.21. The minimum absolute atomic E-state index is 0.0650. The molecule has 0 saturated carbocycles. The predicted octanol–water partition coefficient (Wildman–Crippen LogP) is 4.02. The quantitative estimate of drug-likeness (QED) is 0.357. The number of carbonyl (C=O) groups excluding carboxylic acids is 2. The summed E-state index contributed by atoms with van der Waals surface area (Å²) in [5.41, 5.74) is 1.30. The number of hydrogen-bond acceptors (Lipinski definition) is 6. The Balaban J connectivity index is 1.26. The molecule has 2 heterocycles. The van der Waals surface area contributed by atoms with Gasteiger partial charge in [-0.25, -0.2) is 9.59 Å². The molecule has 2 aliphatic heterocycles. The molecule has 1 aliphatic carbocycles. The van der Waals surface area contributed by atoms with Crippen LogP contribution < -0.4 is 20.1 Å². The van der Waals surface area contributed by atoms with E-state index in [1.54, 1.807) is 7.11 Å². The van der Waals surface area contributed by atoms with Gasteiger partial charge in [-0.3, -0.25) is 0 Å². The molecule has 0 saturated heterocycles. The van der Waals surface area contributed by atoms with E-state index in [4.69, 9.17) is 14.2 Å². The van der Waals surface area contributed by atoms with E-state index >= 15 is 0 Å². The van der Waals surface area contributed by atoms with Gasteiger partial charge in [-0.05, 0) is 51.7 Å². The van der Waals surface area contributed by atoms with Crippen LogP contribution >= 0.6 is 0 Å². The molecule has 9 heteroatoms. The number of rotatable bonds is 8. The molecule has 1 aromatic carbocycles. The van der Waals surface area contributed by atoms with Crippen LogP contribution in [0.25, 0.3) is 0 Å². The van der Waals surface area contributed by atoms with Gasteiger partial charge in [0.2, 0.25) is 0 Å².